The summed E-state index contributed by atoms with van der Waals surface area (Å²) in [6.07, 6.45) is 5.72. The molecule has 1 saturated carbocycles. The Morgan fingerprint density at radius 1 is 1.25 bits per heavy atom. The van der Waals surface area contributed by atoms with Gasteiger partial charge in [-0.25, -0.2) is 4.39 Å². The average Bonchev–Trinajstić information content (AvgIpc) is 2.44. The number of nitrogens with one attached hydrogen (secondary N) is 1. The van der Waals surface area contributed by atoms with Crippen molar-refractivity contribution in [1.82, 2.24) is 5.32 Å². The molecule has 0 spiro atoms. The molecule has 1 aromatic carbocycles. The molecule has 1 N–H and O–H groups in total. The second kappa shape index (κ2) is 6.68. The van der Waals surface area contributed by atoms with E-state index in [2.05, 4.69) is 18.3 Å². The fourth-order valence-corrected chi connectivity index (χ4v) is 3.50. The standard InChI is InChI=1S/C17H26FNO/c1-4-19-16(14-10-13(2)11-15(18)12-14)17(20-3)8-6-5-7-9-17/h10-12,16,19H,4-9H2,1-3H3. The van der Waals surface area contributed by atoms with Crippen LogP contribution in [0.2, 0.25) is 0 Å². The van der Waals surface area contributed by atoms with Crippen LogP contribution < -0.4 is 5.32 Å². The molecule has 0 bridgehead atoms. The van der Waals surface area contributed by atoms with Gasteiger partial charge >= 0.3 is 0 Å². The molecule has 112 valence electrons. The van der Waals surface area contributed by atoms with Crippen molar-refractivity contribution in [3.8, 4) is 0 Å². The Bertz CT molecular complexity index is 420. The maximum absolute atomic E-state index is 13.8. The molecule has 1 unspecified atom stereocenters. The predicted octanol–water partition coefficient (Wildman–Crippen LogP) is 4.13. The molecule has 0 saturated heterocycles. The number of ether oxygens (including phenoxy) is 1. The summed E-state index contributed by atoms with van der Waals surface area (Å²) in [5.74, 6) is -0.162. The van der Waals surface area contributed by atoms with E-state index in [4.69, 9.17) is 4.74 Å². The maximum atomic E-state index is 13.8. The van der Waals surface area contributed by atoms with Gasteiger partial charge in [0.2, 0.25) is 0 Å². The lowest BCUT2D eigenvalue weighted by atomic mass is 9.76. The van der Waals surface area contributed by atoms with E-state index in [9.17, 15) is 4.39 Å². The first-order valence-corrected chi connectivity index (χ1v) is 7.67. The van der Waals surface area contributed by atoms with Gasteiger partial charge < -0.3 is 10.1 Å². The maximum Gasteiger partial charge on any atom is 0.123 e. The highest BCUT2D eigenvalue weighted by atomic mass is 19.1. The molecule has 20 heavy (non-hydrogen) atoms. The molecule has 1 aliphatic carbocycles. The number of likely N-dealkylation sites (N-methyl/N-ethyl adjacent to an activating group) is 1. The Balaban J connectivity index is 2.37. The first kappa shape index (κ1) is 15.5. The third-order valence-electron chi connectivity index (χ3n) is 4.44. The van der Waals surface area contributed by atoms with Gasteiger partial charge in [0.15, 0.2) is 0 Å². The van der Waals surface area contributed by atoms with E-state index in [0.29, 0.717) is 0 Å². The van der Waals surface area contributed by atoms with Crippen molar-refractivity contribution in [3.63, 3.8) is 0 Å². The van der Waals surface area contributed by atoms with Crippen molar-refractivity contribution in [1.29, 1.82) is 0 Å². The zero-order valence-electron chi connectivity index (χ0n) is 12.8. The molecule has 0 radical (unpaired) electrons. The zero-order valence-corrected chi connectivity index (χ0v) is 12.8. The van der Waals surface area contributed by atoms with Crippen molar-refractivity contribution >= 4 is 0 Å². The van der Waals surface area contributed by atoms with Gasteiger partial charge in [0.25, 0.3) is 0 Å². The van der Waals surface area contributed by atoms with Crippen LogP contribution in [0.4, 0.5) is 4.39 Å². The molecule has 1 atom stereocenters. The number of halogens is 1. The number of benzene rings is 1. The van der Waals surface area contributed by atoms with Crippen LogP contribution in [-0.2, 0) is 4.74 Å². The van der Waals surface area contributed by atoms with E-state index in [1.165, 1.54) is 19.3 Å². The van der Waals surface area contributed by atoms with Gasteiger partial charge in [-0.2, -0.15) is 0 Å². The molecule has 0 aliphatic heterocycles. The van der Waals surface area contributed by atoms with Crippen LogP contribution in [0.5, 0.6) is 0 Å². The van der Waals surface area contributed by atoms with E-state index < -0.39 is 0 Å². The summed E-state index contributed by atoms with van der Waals surface area (Å²) < 4.78 is 19.7. The highest BCUT2D eigenvalue weighted by molar-refractivity contribution is 5.28. The summed E-state index contributed by atoms with van der Waals surface area (Å²) in [4.78, 5) is 0. The zero-order chi connectivity index (χ0) is 14.6. The van der Waals surface area contributed by atoms with Gasteiger partial charge in [-0.1, -0.05) is 32.3 Å². The molecule has 0 heterocycles. The SMILES string of the molecule is CCNC(c1cc(C)cc(F)c1)C1(OC)CCCCC1. The fraction of sp³-hybridized carbons (Fsp3) is 0.647. The minimum Gasteiger partial charge on any atom is -0.376 e. The number of methoxy groups -OCH3 is 1. The summed E-state index contributed by atoms with van der Waals surface area (Å²) in [5, 5.41) is 3.52. The smallest absolute Gasteiger partial charge is 0.123 e. The molecule has 2 rings (SSSR count). The summed E-state index contributed by atoms with van der Waals surface area (Å²) in [6, 6.07) is 5.36. The second-order valence-corrected chi connectivity index (χ2v) is 5.88. The first-order valence-electron chi connectivity index (χ1n) is 7.67. The average molecular weight is 279 g/mol. The Morgan fingerprint density at radius 3 is 2.50 bits per heavy atom. The molecular formula is C17H26FNO. The first-order chi connectivity index (χ1) is 9.61. The van der Waals surface area contributed by atoms with E-state index in [-0.39, 0.29) is 17.5 Å². The summed E-state index contributed by atoms with van der Waals surface area (Å²) >= 11 is 0. The van der Waals surface area contributed by atoms with Crippen molar-refractivity contribution in [2.45, 2.75) is 57.6 Å². The molecule has 1 aliphatic rings. The van der Waals surface area contributed by atoms with E-state index in [0.717, 1.165) is 30.5 Å². The highest BCUT2D eigenvalue weighted by Gasteiger charge is 2.40. The number of hydrogen-bond donors (Lipinski definition) is 1. The predicted molar refractivity (Wildman–Crippen MR) is 80.4 cm³/mol. The van der Waals surface area contributed by atoms with Crippen LogP contribution in [0, 0.1) is 12.7 Å². The molecular weight excluding hydrogens is 253 g/mol. The molecule has 3 heteroatoms. The van der Waals surface area contributed by atoms with Crippen LogP contribution >= 0.6 is 0 Å². The van der Waals surface area contributed by atoms with Gasteiger partial charge in [-0.15, -0.1) is 0 Å². The fourth-order valence-electron chi connectivity index (χ4n) is 3.50. The minimum atomic E-state index is -0.200. The molecule has 1 aromatic rings. The summed E-state index contributed by atoms with van der Waals surface area (Å²) in [7, 11) is 1.79. The van der Waals surface area contributed by atoms with Crippen LogP contribution in [0.25, 0.3) is 0 Å². The third kappa shape index (κ3) is 3.21. The van der Waals surface area contributed by atoms with Gasteiger partial charge in [0.1, 0.15) is 5.82 Å². The van der Waals surface area contributed by atoms with Crippen molar-refractivity contribution in [3.05, 3.63) is 35.1 Å². The number of hydrogen-bond acceptors (Lipinski definition) is 2. The van der Waals surface area contributed by atoms with Crippen LogP contribution in [0.15, 0.2) is 18.2 Å². The van der Waals surface area contributed by atoms with Gasteiger partial charge in [-0.3, -0.25) is 0 Å². The van der Waals surface area contributed by atoms with Crippen molar-refractivity contribution in [2.75, 3.05) is 13.7 Å². The Morgan fingerprint density at radius 2 is 1.95 bits per heavy atom. The normalized spacial score (nSPS) is 19.8. The molecule has 1 fully saturated rings. The number of aryl methyl sites for hydroxylation is 1. The van der Waals surface area contributed by atoms with E-state index in [1.807, 2.05) is 6.92 Å². The third-order valence-corrected chi connectivity index (χ3v) is 4.44. The van der Waals surface area contributed by atoms with E-state index in [1.54, 1.807) is 19.2 Å². The van der Waals surface area contributed by atoms with Crippen LogP contribution in [0.1, 0.15) is 56.2 Å². The van der Waals surface area contributed by atoms with Crippen LogP contribution in [-0.4, -0.2) is 19.3 Å². The summed E-state index contributed by atoms with van der Waals surface area (Å²) in [6.45, 7) is 4.88. The summed E-state index contributed by atoms with van der Waals surface area (Å²) in [5.41, 5.74) is 1.77. The molecule has 2 nitrogen and oxygen atoms in total. The number of rotatable bonds is 5. The van der Waals surface area contributed by atoms with Gasteiger partial charge in [0, 0.05) is 7.11 Å². The topological polar surface area (TPSA) is 21.3 Å². The quantitative estimate of drug-likeness (QED) is 0.875. The Labute approximate surface area is 121 Å². The van der Waals surface area contributed by atoms with Crippen molar-refractivity contribution in [2.24, 2.45) is 0 Å². The van der Waals surface area contributed by atoms with Crippen molar-refractivity contribution < 1.29 is 9.13 Å². The lowest BCUT2D eigenvalue weighted by molar-refractivity contribution is -0.0685. The lowest BCUT2D eigenvalue weighted by Gasteiger charge is -2.43. The Kier molecular flexibility index (Phi) is 5.17. The minimum absolute atomic E-state index is 0.0622. The Hall–Kier alpha value is -0.930. The van der Waals surface area contributed by atoms with Gasteiger partial charge in [0.05, 0.1) is 11.6 Å². The second-order valence-electron chi connectivity index (χ2n) is 5.88. The molecule has 0 aromatic heterocycles. The highest BCUT2D eigenvalue weighted by Crippen LogP contribution is 2.41. The largest absolute Gasteiger partial charge is 0.376 e. The monoisotopic (exact) mass is 279 g/mol. The van der Waals surface area contributed by atoms with Gasteiger partial charge in [-0.05, 0) is 49.6 Å². The van der Waals surface area contributed by atoms with Crippen LogP contribution in [0.3, 0.4) is 0 Å². The molecule has 0 amide bonds. The van der Waals surface area contributed by atoms with E-state index >= 15 is 0 Å². The lowest BCUT2D eigenvalue weighted by Crippen LogP contribution is -2.47.